The van der Waals surface area contributed by atoms with Crippen LogP contribution in [0.5, 0.6) is 0 Å². The van der Waals surface area contributed by atoms with Gasteiger partial charge in [0.1, 0.15) is 10.4 Å². The molecule has 1 aliphatic rings. The first-order valence-electron chi connectivity index (χ1n) is 8.89. The molecule has 1 saturated carbocycles. The Kier molecular flexibility index (Phi) is 5.61. The molecule has 8 nitrogen and oxygen atoms in total. The Morgan fingerprint density at radius 1 is 1.32 bits per heavy atom. The van der Waals surface area contributed by atoms with Crippen LogP contribution in [0.2, 0.25) is 0 Å². The van der Waals surface area contributed by atoms with E-state index < -0.39 is 28.9 Å². The van der Waals surface area contributed by atoms with Crippen LogP contribution in [0.25, 0.3) is 10.1 Å². The maximum absolute atomic E-state index is 12.5. The van der Waals surface area contributed by atoms with Gasteiger partial charge in [0.25, 0.3) is 11.6 Å². The van der Waals surface area contributed by atoms with Gasteiger partial charge in [-0.1, -0.05) is 19.3 Å². The van der Waals surface area contributed by atoms with Gasteiger partial charge in [-0.05, 0) is 25.0 Å². The van der Waals surface area contributed by atoms with Crippen LogP contribution in [0.3, 0.4) is 0 Å². The lowest BCUT2D eigenvalue weighted by atomic mass is 9.81. The minimum atomic E-state index is -0.835. The molecule has 0 spiro atoms. The van der Waals surface area contributed by atoms with Gasteiger partial charge in [-0.2, -0.15) is 5.26 Å². The van der Waals surface area contributed by atoms with E-state index in [0.29, 0.717) is 22.9 Å². The molecule has 28 heavy (non-hydrogen) atoms. The number of non-ortho nitro benzene ring substituents is 1. The SMILES string of the molecule is CN(C(=O)COC(=O)c1cc2cc([N+](=O)[O-])ccc2s1)C1(C#N)CCCCC1. The van der Waals surface area contributed by atoms with Gasteiger partial charge in [0, 0.05) is 29.3 Å². The first kappa shape index (κ1) is 19.8. The third-order valence-electron chi connectivity index (χ3n) is 5.14. The van der Waals surface area contributed by atoms with Crippen molar-refractivity contribution in [3.8, 4) is 6.07 Å². The summed E-state index contributed by atoms with van der Waals surface area (Å²) in [6, 6.07) is 8.12. The molecule has 9 heteroatoms. The normalized spacial score (nSPS) is 15.6. The van der Waals surface area contributed by atoms with Crippen LogP contribution in [0.1, 0.15) is 41.8 Å². The molecule has 1 fully saturated rings. The fourth-order valence-corrected chi connectivity index (χ4v) is 4.37. The highest BCUT2D eigenvalue weighted by molar-refractivity contribution is 7.20. The number of benzene rings is 1. The molecule has 0 N–H and O–H groups in total. The Morgan fingerprint density at radius 2 is 2.04 bits per heavy atom. The molecule has 146 valence electrons. The number of thiophene rings is 1. The van der Waals surface area contributed by atoms with Crippen molar-refractivity contribution in [3.63, 3.8) is 0 Å². The van der Waals surface area contributed by atoms with Gasteiger partial charge in [0.05, 0.1) is 11.0 Å². The molecule has 0 bridgehead atoms. The number of amides is 1. The predicted molar refractivity (Wildman–Crippen MR) is 103 cm³/mol. The second-order valence-electron chi connectivity index (χ2n) is 6.82. The molecule has 0 saturated heterocycles. The number of nitro groups is 1. The largest absolute Gasteiger partial charge is 0.451 e. The standard InChI is InChI=1S/C19H19N3O5S/c1-21(19(12-20)7-3-2-4-8-19)17(23)11-27-18(24)16-10-13-9-14(22(25)26)5-6-15(13)28-16/h5-6,9-10H,2-4,7-8,11H2,1H3. The lowest BCUT2D eigenvalue weighted by Gasteiger charge is -2.38. The van der Waals surface area contributed by atoms with E-state index in [0.717, 1.165) is 30.6 Å². The number of rotatable bonds is 5. The number of nitrogens with zero attached hydrogens (tertiary/aromatic N) is 3. The maximum Gasteiger partial charge on any atom is 0.348 e. The molecular weight excluding hydrogens is 382 g/mol. The number of hydrogen-bond acceptors (Lipinski definition) is 7. The number of ether oxygens (including phenoxy) is 1. The lowest BCUT2D eigenvalue weighted by Crippen LogP contribution is -2.51. The van der Waals surface area contributed by atoms with Crippen LogP contribution in [0.4, 0.5) is 5.69 Å². The average Bonchev–Trinajstić information content (AvgIpc) is 3.15. The fourth-order valence-electron chi connectivity index (χ4n) is 3.44. The predicted octanol–water partition coefficient (Wildman–Crippen LogP) is 3.65. The first-order valence-corrected chi connectivity index (χ1v) is 9.71. The van der Waals surface area contributed by atoms with E-state index in [1.165, 1.54) is 23.1 Å². The Morgan fingerprint density at radius 3 is 2.68 bits per heavy atom. The fraction of sp³-hybridized carbons (Fsp3) is 0.421. The Balaban J connectivity index is 1.66. The van der Waals surface area contributed by atoms with Crippen molar-refractivity contribution in [2.75, 3.05) is 13.7 Å². The molecule has 1 heterocycles. The summed E-state index contributed by atoms with van der Waals surface area (Å²) >= 11 is 1.14. The smallest absolute Gasteiger partial charge is 0.348 e. The summed E-state index contributed by atoms with van der Waals surface area (Å²) in [5.74, 6) is -1.09. The third kappa shape index (κ3) is 3.82. The molecular formula is C19H19N3O5S. The van der Waals surface area contributed by atoms with Crippen molar-refractivity contribution in [2.45, 2.75) is 37.6 Å². The van der Waals surface area contributed by atoms with E-state index in [-0.39, 0.29) is 10.6 Å². The minimum absolute atomic E-state index is 0.0590. The van der Waals surface area contributed by atoms with Crippen LogP contribution < -0.4 is 0 Å². The van der Waals surface area contributed by atoms with Crippen LogP contribution in [-0.4, -0.2) is 40.9 Å². The van der Waals surface area contributed by atoms with E-state index in [1.54, 1.807) is 13.1 Å². The van der Waals surface area contributed by atoms with Gasteiger partial charge >= 0.3 is 5.97 Å². The van der Waals surface area contributed by atoms with Crippen LogP contribution in [-0.2, 0) is 9.53 Å². The minimum Gasteiger partial charge on any atom is -0.451 e. The molecule has 0 atom stereocenters. The van der Waals surface area contributed by atoms with Crippen LogP contribution in [0, 0.1) is 21.4 Å². The van der Waals surface area contributed by atoms with Gasteiger partial charge in [0.15, 0.2) is 6.61 Å². The number of hydrogen-bond donors (Lipinski definition) is 0. The Bertz CT molecular complexity index is 972. The van der Waals surface area contributed by atoms with Gasteiger partial charge in [-0.3, -0.25) is 14.9 Å². The summed E-state index contributed by atoms with van der Waals surface area (Å²) in [7, 11) is 1.57. The second kappa shape index (κ2) is 7.94. The number of carbonyl (C=O) groups excluding carboxylic acids is 2. The topological polar surface area (TPSA) is 114 Å². The van der Waals surface area contributed by atoms with Crippen molar-refractivity contribution < 1.29 is 19.2 Å². The van der Waals surface area contributed by atoms with Gasteiger partial charge in [-0.25, -0.2) is 4.79 Å². The van der Waals surface area contributed by atoms with Crippen molar-refractivity contribution in [1.82, 2.24) is 4.90 Å². The molecule has 0 radical (unpaired) electrons. The monoisotopic (exact) mass is 401 g/mol. The Labute approximate surface area is 165 Å². The zero-order valence-electron chi connectivity index (χ0n) is 15.3. The average molecular weight is 401 g/mol. The van der Waals surface area contributed by atoms with Gasteiger partial charge in [-0.15, -0.1) is 11.3 Å². The molecule has 3 rings (SSSR count). The van der Waals surface area contributed by atoms with Crippen molar-refractivity contribution in [2.24, 2.45) is 0 Å². The number of fused-ring (bicyclic) bond motifs is 1. The highest BCUT2D eigenvalue weighted by Crippen LogP contribution is 2.33. The molecule has 1 aromatic carbocycles. The number of nitriles is 1. The second-order valence-corrected chi connectivity index (χ2v) is 7.91. The van der Waals surface area contributed by atoms with E-state index in [2.05, 4.69) is 6.07 Å². The van der Waals surface area contributed by atoms with E-state index in [9.17, 15) is 25.0 Å². The van der Waals surface area contributed by atoms with Crippen molar-refractivity contribution in [3.05, 3.63) is 39.3 Å². The van der Waals surface area contributed by atoms with E-state index in [1.807, 2.05) is 0 Å². The number of nitro benzene ring substituents is 1. The number of esters is 1. The van der Waals surface area contributed by atoms with Crippen LogP contribution >= 0.6 is 11.3 Å². The van der Waals surface area contributed by atoms with E-state index >= 15 is 0 Å². The molecule has 2 aromatic rings. The van der Waals surface area contributed by atoms with Gasteiger partial charge < -0.3 is 9.64 Å². The van der Waals surface area contributed by atoms with Crippen molar-refractivity contribution in [1.29, 1.82) is 5.26 Å². The molecule has 1 aliphatic carbocycles. The Hall–Kier alpha value is -2.99. The van der Waals surface area contributed by atoms with Crippen molar-refractivity contribution >= 4 is 39.0 Å². The quantitative estimate of drug-likeness (QED) is 0.429. The zero-order chi connectivity index (χ0) is 20.3. The molecule has 0 unspecified atom stereocenters. The van der Waals surface area contributed by atoms with Gasteiger partial charge in [0.2, 0.25) is 0 Å². The highest BCUT2D eigenvalue weighted by Gasteiger charge is 2.39. The number of likely N-dealkylation sites (N-methyl/N-ethyl adjacent to an activating group) is 1. The zero-order valence-corrected chi connectivity index (χ0v) is 16.2. The highest BCUT2D eigenvalue weighted by atomic mass is 32.1. The summed E-state index contributed by atoms with van der Waals surface area (Å²) in [6.07, 6.45) is 4.06. The molecule has 1 aromatic heterocycles. The number of carbonyl (C=O) groups is 2. The molecule has 1 amide bonds. The summed E-state index contributed by atoms with van der Waals surface area (Å²) in [6.45, 7) is -0.451. The summed E-state index contributed by atoms with van der Waals surface area (Å²) < 4.78 is 5.85. The summed E-state index contributed by atoms with van der Waals surface area (Å²) in [4.78, 5) is 36.8. The third-order valence-corrected chi connectivity index (χ3v) is 6.24. The maximum atomic E-state index is 12.5. The lowest BCUT2D eigenvalue weighted by molar-refractivity contribution is -0.384. The summed E-state index contributed by atoms with van der Waals surface area (Å²) in [5, 5.41) is 21.0. The van der Waals surface area contributed by atoms with Crippen LogP contribution in [0.15, 0.2) is 24.3 Å². The summed E-state index contributed by atoms with van der Waals surface area (Å²) in [5.41, 5.74) is -0.894. The molecule has 0 aliphatic heterocycles. The first-order chi connectivity index (χ1) is 13.4. The van der Waals surface area contributed by atoms with E-state index in [4.69, 9.17) is 4.74 Å².